The lowest BCUT2D eigenvalue weighted by atomic mass is 10.0. The largest absolute Gasteiger partial charge is 1.00 e. The molecule has 0 atom stereocenters. The number of fused-ring (bicyclic) bond motifs is 9. The summed E-state index contributed by atoms with van der Waals surface area (Å²) in [6.45, 7) is 0. The number of aromatic nitrogens is 10. The number of thiophene rings is 1. The highest BCUT2D eigenvalue weighted by molar-refractivity contribution is 7.26. The number of hydrogen-bond acceptors (Lipinski definition) is 9. The molecule has 7 aromatic heterocycles. The maximum absolute atomic E-state index is 6.48. The maximum atomic E-state index is 6.48. The topological polar surface area (TPSA) is 113 Å². The van der Waals surface area contributed by atoms with E-state index in [0.29, 0.717) is 22.2 Å². The van der Waals surface area contributed by atoms with E-state index in [1.54, 1.807) is 6.07 Å². The van der Waals surface area contributed by atoms with Crippen LogP contribution in [0, 0.1) is 0 Å². The molecule has 0 N–H and O–H groups in total. The van der Waals surface area contributed by atoms with Crippen molar-refractivity contribution in [2.24, 2.45) is 0 Å². The van der Waals surface area contributed by atoms with Crippen molar-refractivity contribution in [3.05, 3.63) is 359 Å². The number of para-hydroxylation sites is 2. The van der Waals surface area contributed by atoms with E-state index in [4.69, 9.17) is 84.6 Å². The van der Waals surface area contributed by atoms with Crippen LogP contribution in [0.15, 0.2) is 328 Å². The quantitative estimate of drug-likeness (QED) is 0.104. The van der Waals surface area contributed by atoms with Crippen LogP contribution in [0.4, 0.5) is 0 Å². The summed E-state index contributed by atoms with van der Waals surface area (Å²) in [6, 6.07) is 112. The lowest BCUT2D eigenvalue weighted by molar-refractivity contribution is 0.992. The predicted molar refractivity (Wildman–Crippen MR) is 439 cm³/mol. The second-order valence-corrected chi connectivity index (χ2v) is 27.6. The molecule has 0 bridgehead atoms. The van der Waals surface area contributed by atoms with Gasteiger partial charge < -0.3 is 1.43 Å². The average Bonchev–Trinajstić information content (AvgIpc) is 1.59. The molecule has 506 valence electrons. The van der Waals surface area contributed by atoms with Gasteiger partial charge in [-0.25, -0.2) is 39.9 Å². The average molecular weight is 1500 g/mol. The van der Waals surface area contributed by atoms with Gasteiger partial charge in [0.25, 0.3) is 0 Å². The van der Waals surface area contributed by atoms with Gasteiger partial charge >= 0.3 is 0 Å². The van der Waals surface area contributed by atoms with Gasteiger partial charge in [0.15, 0.2) is 0 Å². The van der Waals surface area contributed by atoms with Gasteiger partial charge in [0.1, 0.15) is 20.6 Å². The highest BCUT2D eigenvalue weighted by Gasteiger charge is 2.21. The van der Waals surface area contributed by atoms with Crippen molar-refractivity contribution in [1.82, 2.24) is 49.0 Å². The number of benzene rings is 12. The van der Waals surface area contributed by atoms with Crippen LogP contribution in [0.1, 0.15) is 1.43 Å². The minimum Gasteiger partial charge on any atom is -1.00 e. The van der Waals surface area contributed by atoms with Crippen LogP contribution in [0.3, 0.4) is 0 Å². The summed E-state index contributed by atoms with van der Waals surface area (Å²) >= 11 is 36.0. The highest BCUT2D eigenvalue weighted by atomic mass is 35.5. The van der Waals surface area contributed by atoms with E-state index in [-0.39, 0.29) is 22.3 Å². The highest BCUT2D eigenvalue weighted by Crippen LogP contribution is 2.43. The molecule has 105 heavy (non-hydrogen) atoms. The van der Waals surface area contributed by atoms with Gasteiger partial charge in [0, 0.05) is 82.2 Å². The molecule has 19 rings (SSSR count). The van der Waals surface area contributed by atoms with Crippen molar-refractivity contribution in [3.8, 4) is 90.3 Å². The third kappa shape index (κ3) is 14.6. The molecular formula is C88H55Cl6N10S-. The Morgan fingerprint density at radius 1 is 0.229 bits per heavy atom. The molecular weight excluding hydrogens is 1440 g/mol. The summed E-state index contributed by atoms with van der Waals surface area (Å²) in [6.07, 6.45) is 0. The van der Waals surface area contributed by atoms with E-state index in [0.717, 1.165) is 89.0 Å². The fraction of sp³-hybridized carbons (Fsp3) is 0. The van der Waals surface area contributed by atoms with E-state index in [9.17, 15) is 0 Å². The predicted octanol–water partition coefficient (Wildman–Crippen LogP) is 26.2. The standard InChI is InChI=1S/C46H29N3S.C28H18ClN3.C10H6Cl2N2.C4HCl3N2.H/c1-4-13-30(14-5-1)33-23-25-37-36-19-10-11-22-42(36)49(43(37)27-33)46-47-40(32-17-8-3-9-18-32)29-41(48-46)34-24-26-38-39-21-12-20-35(31-15-6-2-7-16-31)45(39)50-44(38)28-34;29-27-18-24(20-11-5-2-6-12-20)30-28(31-27)32-25-14-8-7-13-22(25)23-16-15-21(17-26(23)32)19-9-3-1-4-10-19;11-9-6-8(13-10(12)14-9)7-4-2-1-3-5-7;5-2-1-3(6)9-4(7)8-2;/h1-29H;1-18H;1-6H;1H;/q;;;;-1. The Hall–Kier alpha value is -11.5. The van der Waals surface area contributed by atoms with E-state index in [1.165, 1.54) is 59.3 Å². The first-order valence-electron chi connectivity index (χ1n) is 33.3. The van der Waals surface area contributed by atoms with E-state index in [2.05, 4.69) is 265 Å². The van der Waals surface area contributed by atoms with E-state index in [1.807, 2.05) is 96.3 Å². The number of rotatable bonds is 9. The summed E-state index contributed by atoms with van der Waals surface area (Å²) in [4.78, 5) is 35.2. The van der Waals surface area contributed by atoms with Crippen molar-refractivity contribution >= 4 is 145 Å². The monoisotopic (exact) mass is 1490 g/mol. The van der Waals surface area contributed by atoms with Crippen molar-refractivity contribution < 1.29 is 1.43 Å². The van der Waals surface area contributed by atoms with Crippen LogP contribution in [0.2, 0.25) is 31.2 Å². The van der Waals surface area contributed by atoms with Gasteiger partial charge in [-0.3, -0.25) is 9.13 Å². The molecule has 0 aliphatic carbocycles. The Labute approximate surface area is 639 Å². The minimum absolute atomic E-state index is 0. The first-order chi connectivity index (χ1) is 51.5. The Balaban J connectivity index is 0.000000136. The van der Waals surface area contributed by atoms with Crippen LogP contribution in [-0.2, 0) is 0 Å². The van der Waals surface area contributed by atoms with Gasteiger partial charge in [-0.2, -0.15) is 0 Å². The third-order valence-corrected chi connectivity index (χ3v) is 20.1. The molecule has 0 unspecified atom stereocenters. The maximum Gasteiger partial charge on any atom is 0.236 e. The van der Waals surface area contributed by atoms with Gasteiger partial charge in [-0.1, -0.05) is 319 Å². The lowest BCUT2D eigenvalue weighted by Gasteiger charge is -2.12. The zero-order chi connectivity index (χ0) is 71.3. The molecule has 0 fully saturated rings. The van der Waals surface area contributed by atoms with Gasteiger partial charge in [-0.15, -0.1) is 11.3 Å². The summed E-state index contributed by atoms with van der Waals surface area (Å²) < 4.78 is 6.89. The fourth-order valence-corrected chi connectivity index (χ4v) is 15.6. The van der Waals surface area contributed by atoms with E-state index < -0.39 is 0 Å². The lowest BCUT2D eigenvalue weighted by Crippen LogP contribution is -2.04. The molecule has 7 heterocycles. The number of nitrogens with zero attached hydrogens (tertiary/aromatic N) is 10. The molecule has 0 amide bonds. The number of hydrogen-bond donors (Lipinski definition) is 0. The molecule has 0 saturated heterocycles. The van der Waals surface area contributed by atoms with Crippen LogP contribution >= 0.6 is 80.9 Å². The van der Waals surface area contributed by atoms with Gasteiger partial charge in [0.2, 0.25) is 22.5 Å². The Bertz CT molecular complexity index is 6310. The van der Waals surface area contributed by atoms with Crippen molar-refractivity contribution in [1.29, 1.82) is 0 Å². The second kappa shape index (κ2) is 30.5. The van der Waals surface area contributed by atoms with Gasteiger partial charge in [-0.05, 0) is 93.0 Å². The van der Waals surface area contributed by atoms with Gasteiger partial charge in [0.05, 0.1) is 44.8 Å². The summed E-state index contributed by atoms with van der Waals surface area (Å²) in [5.41, 5.74) is 18.8. The van der Waals surface area contributed by atoms with Crippen molar-refractivity contribution in [2.75, 3.05) is 0 Å². The molecule has 0 aliphatic rings. The first kappa shape index (κ1) is 68.0. The SMILES string of the molecule is Clc1cc(-c2ccccc2)nc(-n2c3ccccc3c3ccc(-c4ccccc4)cc32)n1.Clc1cc(-c2ccccc2)nc(Cl)n1.Clc1cc(Cl)nc(Cl)n1.[H-].c1ccc(-c2ccc3c4ccccc4n(-c4nc(-c5ccccc5)cc(-c5ccc6c(c5)sc5c(-c7ccccc7)cccc56)n4)c3c2)cc1. The summed E-state index contributed by atoms with van der Waals surface area (Å²) in [5.74, 6) is 1.22. The smallest absolute Gasteiger partial charge is 0.236 e. The molecule has 0 spiro atoms. The molecule has 12 aromatic carbocycles. The molecule has 19 aromatic rings. The Morgan fingerprint density at radius 2 is 0.581 bits per heavy atom. The molecule has 10 nitrogen and oxygen atoms in total. The third-order valence-electron chi connectivity index (χ3n) is 17.8. The van der Waals surface area contributed by atoms with Crippen LogP contribution in [0.5, 0.6) is 0 Å². The van der Waals surface area contributed by atoms with Crippen molar-refractivity contribution in [3.63, 3.8) is 0 Å². The normalized spacial score (nSPS) is 11.1. The molecule has 17 heteroatoms. The molecule has 0 saturated carbocycles. The summed E-state index contributed by atoms with van der Waals surface area (Å²) in [5, 5.41) is 8.71. The van der Waals surface area contributed by atoms with Crippen LogP contribution in [-0.4, -0.2) is 49.0 Å². The van der Waals surface area contributed by atoms with Crippen LogP contribution in [0.25, 0.3) is 154 Å². The van der Waals surface area contributed by atoms with Crippen molar-refractivity contribution in [2.45, 2.75) is 0 Å². The Morgan fingerprint density at radius 3 is 1.06 bits per heavy atom. The molecule has 0 aliphatic heterocycles. The first-order valence-corrected chi connectivity index (χ1v) is 36.4. The van der Waals surface area contributed by atoms with E-state index >= 15 is 0 Å². The minimum atomic E-state index is 0. The number of halogens is 6. The molecule has 0 radical (unpaired) electrons. The fourth-order valence-electron chi connectivity index (χ4n) is 13.0. The van der Waals surface area contributed by atoms with Crippen LogP contribution < -0.4 is 0 Å². The Kier molecular flexibility index (Phi) is 19.7. The zero-order valence-electron chi connectivity index (χ0n) is 56.3. The zero-order valence-corrected chi connectivity index (χ0v) is 60.7. The second-order valence-electron chi connectivity index (χ2n) is 24.3. The summed E-state index contributed by atoms with van der Waals surface area (Å²) in [7, 11) is 0.